The molecule has 1 aliphatic rings. The van der Waals surface area contributed by atoms with Gasteiger partial charge in [-0.25, -0.2) is 0 Å². The van der Waals surface area contributed by atoms with Gasteiger partial charge in [-0.05, 0) is 5.56 Å². The molecule has 10 nitrogen and oxygen atoms in total. The van der Waals surface area contributed by atoms with Crippen molar-refractivity contribution in [2.75, 3.05) is 6.61 Å². The molecule has 0 amide bonds. The maximum atomic E-state index is 11.8. The number of rotatable bonds is 8. The molecule has 0 saturated carbocycles. The number of carbonyl (C=O) groups excluding carboxylic acids is 4. The Bertz CT molecular complexity index is 778. The van der Waals surface area contributed by atoms with Crippen LogP contribution in [0.4, 0.5) is 0 Å². The van der Waals surface area contributed by atoms with Crippen LogP contribution in [0.15, 0.2) is 30.3 Å². The highest BCUT2D eigenvalue weighted by atomic mass is 16.7. The lowest BCUT2D eigenvalue weighted by molar-refractivity contribution is -0.305. The van der Waals surface area contributed by atoms with E-state index in [2.05, 4.69) is 0 Å². The Morgan fingerprint density at radius 2 is 1.35 bits per heavy atom. The molecule has 1 heterocycles. The van der Waals surface area contributed by atoms with Crippen molar-refractivity contribution in [3.05, 3.63) is 35.9 Å². The first kappa shape index (κ1) is 24.3. The predicted octanol–water partition coefficient (Wildman–Crippen LogP) is 1.29. The van der Waals surface area contributed by atoms with Gasteiger partial charge in [0.2, 0.25) is 6.29 Å². The molecule has 5 atom stereocenters. The van der Waals surface area contributed by atoms with Gasteiger partial charge in [0.1, 0.15) is 18.8 Å². The third-order valence-corrected chi connectivity index (χ3v) is 4.21. The normalized spacial score (nSPS) is 25.2. The molecule has 0 aromatic heterocycles. The van der Waals surface area contributed by atoms with Crippen molar-refractivity contribution in [3.63, 3.8) is 0 Å². The fraction of sp³-hybridized carbons (Fsp3) is 0.524. The molecule has 10 heteroatoms. The molecule has 0 N–H and O–H groups in total. The maximum absolute atomic E-state index is 11.8. The average Bonchev–Trinajstić information content (AvgIpc) is 2.67. The van der Waals surface area contributed by atoms with Crippen LogP contribution in [0.5, 0.6) is 0 Å². The summed E-state index contributed by atoms with van der Waals surface area (Å²) < 4.78 is 32.6. The highest BCUT2D eigenvalue weighted by molar-refractivity contribution is 5.68. The van der Waals surface area contributed by atoms with Gasteiger partial charge in [-0.3, -0.25) is 19.2 Å². The Morgan fingerprint density at radius 1 is 0.774 bits per heavy atom. The molecule has 1 aromatic carbocycles. The summed E-state index contributed by atoms with van der Waals surface area (Å²) in [6, 6.07) is 9.12. The quantitative estimate of drug-likeness (QED) is 0.433. The van der Waals surface area contributed by atoms with Crippen molar-refractivity contribution in [1.82, 2.24) is 0 Å². The van der Waals surface area contributed by atoms with Gasteiger partial charge in [-0.15, -0.1) is 0 Å². The molecule has 31 heavy (non-hydrogen) atoms. The Kier molecular flexibility index (Phi) is 8.95. The highest BCUT2D eigenvalue weighted by Crippen LogP contribution is 2.30. The zero-order chi connectivity index (χ0) is 23.0. The Labute approximate surface area is 179 Å². The minimum atomic E-state index is -1.37. The van der Waals surface area contributed by atoms with Crippen molar-refractivity contribution in [1.29, 1.82) is 0 Å². The summed E-state index contributed by atoms with van der Waals surface area (Å²) in [6.45, 7) is 4.50. The van der Waals surface area contributed by atoms with Gasteiger partial charge in [-0.2, -0.15) is 0 Å². The summed E-state index contributed by atoms with van der Waals surface area (Å²) in [6.07, 6.45) is -5.83. The molecule has 2 rings (SSSR count). The summed E-state index contributed by atoms with van der Waals surface area (Å²) in [5.74, 6) is -2.61. The van der Waals surface area contributed by atoms with Crippen LogP contribution >= 0.6 is 0 Å². The smallest absolute Gasteiger partial charge is 0.305 e. The van der Waals surface area contributed by atoms with Crippen LogP contribution in [0.1, 0.15) is 33.3 Å². The van der Waals surface area contributed by atoms with E-state index in [9.17, 15) is 19.2 Å². The van der Waals surface area contributed by atoms with Crippen LogP contribution in [0.3, 0.4) is 0 Å². The number of hydrogen-bond acceptors (Lipinski definition) is 10. The third kappa shape index (κ3) is 7.65. The van der Waals surface area contributed by atoms with Crippen LogP contribution in [0.25, 0.3) is 0 Å². The Hall–Kier alpha value is -2.98. The van der Waals surface area contributed by atoms with Gasteiger partial charge in [0.05, 0.1) is 6.61 Å². The van der Waals surface area contributed by atoms with Crippen molar-refractivity contribution >= 4 is 23.9 Å². The van der Waals surface area contributed by atoms with Crippen LogP contribution in [0, 0.1) is 0 Å². The minimum Gasteiger partial charge on any atom is -0.463 e. The van der Waals surface area contributed by atoms with Crippen molar-refractivity contribution in [2.45, 2.75) is 65.0 Å². The number of benzene rings is 1. The molecule has 1 aliphatic heterocycles. The standard InChI is InChI=1S/C21H26O10/c1-12(22)26-11-17-18(28-13(2)23)19(27-10-16-8-6-5-7-9-16)20(29-14(3)24)21(31-17)30-15(4)25/h5-9,17-21H,10-11H2,1-4H3/t17-,18-,19-,20+,21-/m1/s1. The van der Waals surface area contributed by atoms with Crippen molar-refractivity contribution in [2.24, 2.45) is 0 Å². The highest BCUT2D eigenvalue weighted by Gasteiger charge is 2.52. The summed E-state index contributed by atoms with van der Waals surface area (Å²) in [5, 5.41) is 0. The van der Waals surface area contributed by atoms with E-state index < -0.39 is 54.6 Å². The fourth-order valence-electron chi connectivity index (χ4n) is 3.08. The minimum absolute atomic E-state index is 0.0775. The lowest BCUT2D eigenvalue weighted by Crippen LogP contribution is -2.62. The number of carbonyl (C=O) groups is 4. The molecule has 0 aliphatic carbocycles. The summed E-state index contributed by atoms with van der Waals surface area (Å²) in [7, 11) is 0. The SMILES string of the molecule is CC(=O)OC[C@H]1O[C@@H](OC(C)=O)[C@@H](OC(C)=O)[C@H](OCc2ccccc2)[C@@H]1OC(C)=O. The summed E-state index contributed by atoms with van der Waals surface area (Å²) >= 11 is 0. The Balaban J connectivity index is 2.38. The lowest BCUT2D eigenvalue weighted by Gasteiger charge is -2.44. The van der Waals surface area contributed by atoms with E-state index in [-0.39, 0.29) is 13.2 Å². The van der Waals surface area contributed by atoms with E-state index in [0.717, 1.165) is 12.5 Å². The predicted molar refractivity (Wildman–Crippen MR) is 103 cm³/mol. The lowest BCUT2D eigenvalue weighted by atomic mass is 9.98. The summed E-state index contributed by atoms with van der Waals surface area (Å²) in [5.41, 5.74) is 0.803. The molecule has 0 spiro atoms. The second-order valence-corrected chi connectivity index (χ2v) is 6.86. The molecule has 1 fully saturated rings. The topological polar surface area (TPSA) is 124 Å². The first-order chi connectivity index (χ1) is 14.7. The summed E-state index contributed by atoms with van der Waals surface area (Å²) in [4.78, 5) is 46.4. The molecular formula is C21H26O10. The average molecular weight is 438 g/mol. The van der Waals surface area contributed by atoms with Gasteiger partial charge in [0.15, 0.2) is 12.2 Å². The monoisotopic (exact) mass is 438 g/mol. The largest absolute Gasteiger partial charge is 0.463 e. The van der Waals surface area contributed by atoms with Crippen LogP contribution in [-0.2, 0) is 54.2 Å². The van der Waals surface area contributed by atoms with E-state index in [1.165, 1.54) is 20.8 Å². The van der Waals surface area contributed by atoms with E-state index in [0.29, 0.717) is 0 Å². The second kappa shape index (κ2) is 11.4. The van der Waals surface area contributed by atoms with Gasteiger partial charge in [-0.1, -0.05) is 30.3 Å². The first-order valence-corrected chi connectivity index (χ1v) is 9.63. The molecule has 1 aromatic rings. The van der Waals surface area contributed by atoms with E-state index in [1.54, 1.807) is 0 Å². The van der Waals surface area contributed by atoms with Crippen LogP contribution in [-0.4, -0.2) is 61.2 Å². The van der Waals surface area contributed by atoms with Gasteiger partial charge < -0.3 is 28.4 Å². The third-order valence-electron chi connectivity index (χ3n) is 4.21. The van der Waals surface area contributed by atoms with E-state index in [4.69, 9.17) is 28.4 Å². The molecule has 0 radical (unpaired) electrons. The Morgan fingerprint density at radius 3 is 1.90 bits per heavy atom. The van der Waals surface area contributed by atoms with Gasteiger partial charge in [0, 0.05) is 27.7 Å². The molecule has 0 unspecified atom stereocenters. The fourth-order valence-corrected chi connectivity index (χ4v) is 3.08. The van der Waals surface area contributed by atoms with Crippen molar-refractivity contribution in [3.8, 4) is 0 Å². The zero-order valence-electron chi connectivity index (χ0n) is 17.8. The van der Waals surface area contributed by atoms with E-state index >= 15 is 0 Å². The molecule has 0 bridgehead atoms. The first-order valence-electron chi connectivity index (χ1n) is 9.63. The van der Waals surface area contributed by atoms with Gasteiger partial charge in [0.25, 0.3) is 0 Å². The van der Waals surface area contributed by atoms with Crippen LogP contribution in [0.2, 0.25) is 0 Å². The molecular weight excluding hydrogens is 412 g/mol. The molecule has 1 saturated heterocycles. The number of ether oxygens (including phenoxy) is 6. The second-order valence-electron chi connectivity index (χ2n) is 6.86. The zero-order valence-corrected chi connectivity index (χ0v) is 17.8. The maximum Gasteiger partial charge on any atom is 0.305 e. The van der Waals surface area contributed by atoms with Gasteiger partial charge >= 0.3 is 23.9 Å². The van der Waals surface area contributed by atoms with Crippen LogP contribution < -0.4 is 0 Å². The van der Waals surface area contributed by atoms with E-state index in [1.807, 2.05) is 30.3 Å². The van der Waals surface area contributed by atoms with Crippen molar-refractivity contribution < 1.29 is 47.6 Å². The number of esters is 4. The number of hydrogen-bond donors (Lipinski definition) is 0. The molecule has 170 valence electrons.